The Morgan fingerprint density at radius 2 is 1.43 bits per heavy atom. The summed E-state index contributed by atoms with van der Waals surface area (Å²) in [5, 5.41) is 0. The van der Waals surface area contributed by atoms with Gasteiger partial charge in [0.25, 0.3) is 0 Å². The fourth-order valence-electron chi connectivity index (χ4n) is 3.90. The molecule has 1 heterocycles. The van der Waals surface area contributed by atoms with Crippen LogP contribution in [0.2, 0.25) is 0 Å². The smallest absolute Gasteiger partial charge is 0.336 e. The number of rotatable bonds is 10. The van der Waals surface area contributed by atoms with Crippen LogP contribution in [-0.2, 0) is 25.6 Å². The highest BCUT2D eigenvalue weighted by molar-refractivity contribution is 5.98. The summed E-state index contributed by atoms with van der Waals surface area (Å²) in [4.78, 5) is 27.4. The largest absolute Gasteiger partial charge is 0.494 e. The average Bonchev–Trinajstić information content (AvgIpc) is 2.90. The van der Waals surface area contributed by atoms with Crippen LogP contribution in [0.4, 0.5) is 0 Å². The Bertz CT molecular complexity index is 1070. The van der Waals surface area contributed by atoms with Crippen LogP contribution >= 0.6 is 0 Å². The van der Waals surface area contributed by atoms with Crippen LogP contribution in [0, 0.1) is 0 Å². The molecule has 2 aromatic carbocycles. The molecule has 0 fully saturated rings. The summed E-state index contributed by atoms with van der Waals surface area (Å²) < 4.78 is 26.5. The van der Waals surface area contributed by atoms with Crippen molar-refractivity contribution in [3.63, 3.8) is 0 Å². The summed E-state index contributed by atoms with van der Waals surface area (Å²) in [6.07, 6.45) is 4.28. The van der Waals surface area contributed by atoms with Gasteiger partial charge in [-0.3, -0.25) is 0 Å². The number of methoxy groups -OCH3 is 4. The second-order valence-electron chi connectivity index (χ2n) is 7.86. The molecule has 0 amide bonds. The first-order chi connectivity index (χ1) is 16.9. The Morgan fingerprint density at radius 3 is 1.94 bits per heavy atom. The van der Waals surface area contributed by atoms with E-state index in [1.807, 2.05) is 43.3 Å². The number of carbonyl (C=O) groups excluding carboxylic acids is 2. The molecule has 2 aromatic rings. The Balaban J connectivity index is 2.00. The minimum atomic E-state index is -0.656. The first-order valence-electron chi connectivity index (χ1n) is 11.2. The maximum Gasteiger partial charge on any atom is 0.336 e. The lowest BCUT2D eigenvalue weighted by Crippen LogP contribution is -2.28. The van der Waals surface area contributed by atoms with Gasteiger partial charge in [0, 0.05) is 18.9 Å². The van der Waals surface area contributed by atoms with Gasteiger partial charge in [-0.1, -0.05) is 25.1 Å². The van der Waals surface area contributed by atoms with Gasteiger partial charge in [0.05, 0.1) is 52.1 Å². The SMILES string of the molecule is CCCOc1ccc(C2C(C(=O)OC)=CN(Cc3ccc(OC)c(OC)c3)C=C2C(=O)OC)cc1. The molecule has 8 heteroatoms. The normalized spacial score (nSPS) is 13.5. The summed E-state index contributed by atoms with van der Waals surface area (Å²) in [6, 6.07) is 12.9. The van der Waals surface area contributed by atoms with Gasteiger partial charge >= 0.3 is 11.9 Å². The lowest BCUT2D eigenvalue weighted by molar-refractivity contribution is -0.137. The Hall–Kier alpha value is -3.94. The molecule has 1 aliphatic heterocycles. The van der Waals surface area contributed by atoms with Crippen molar-refractivity contribution in [3.8, 4) is 17.2 Å². The molecule has 0 unspecified atom stereocenters. The quantitative estimate of drug-likeness (QED) is 0.467. The number of esters is 2. The van der Waals surface area contributed by atoms with E-state index in [1.165, 1.54) is 14.2 Å². The van der Waals surface area contributed by atoms with E-state index in [1.54, 1.807) is 37.6 Å². The van der Waals surface area contributed by atoms with Crippen molar-refractivity contribution in [1.29, 1.82) is 0 Å². The lowest BCUT2D eigenvalue weighted by Gasteiger charge is -2.30. The fraction of sp³-hybridized carbons (Fsp3) is 0.333. The summed E-state index contributed by atoms with van der Waals surface area (Å²) in [5.41, 5.74) is 2.27. The van der Waals surface area contributed by atoms with Crippen molar-refractivity contribution >= 4 is 11.9 Å². The molecule has 186 valence electrons. The monoisotopic (exact) mass is 481 g/mol. The van der Waals surface area contributed by atoms with Crippen LogP contribution in [0.25, 0.3) is 0 Å². The van der Waals surface area contributed by atoms with E-state index in [0.29, 0.717) is 41.5 Å². The molecule has 0 aromatic heterocycles. The summed E-state index contributed by atoms with van der Waals surface area (Å²) >= 11 is 0. The molecule has 3 rings (SSSR count). The van der Waals surface area contributed by atoms with Gasteiger partial charge in [0.1, 0.15) is 5.75 Å². The third-order valence-corrected chi connectivity index (χ3v) is 5.57. The van der Waals surface area contributed by atoms with Crippen LogP contribution < -0.4 is 14.2 Å². The van der Waals surface area contributed by atoms with Gasteiger partial charge in [-0.05, 0) is 41.8 Å². The van der Waals surface area contributed by atoms with Crippen molar-refractivity contribution < 1.29 is 33.3 Å². The zero-order chi connectivity index (χ0) is 25.4. The topological polar surface area (TPSA) is 83.5 Å². The molecule has 1 aliphatic rings. The minimum Gasteiger partial charge on any atom is -0.494 e. The van der Waals surface area contributed by atoms with E-state index in [4.69, 9.17) is 23.7 Å². The minimum absolute atomic E-state index is 0.318. The van der Waals surface area contributed by atoms with Gasteiger partial charge in [0.15, 0.2) is 11.5 Å². The van der Waals surface area contributed by atoms with E-state index in [9.17, 15) is 9.59 Å². The summed E-state index contributed by atoms with van der Waals surface area (Å²) in [6.45, 7) is 3.01. The number of hydrogen-bond donors (Lipinski definition) is 0. The number of benzene rings is 2. The first kappa shape index (κ1) is 25.7. The molecule has 0 N–H and O–H groups in total. The van der Waals surface area contributed by atoms with Gasteiger partial charge in [0.2, 0.25) is 0 Å². The van der Waals surface area contributed by atoms with E-state index >= 15 is 0 Å². The van der Waals surface area contributed by atoms with E-state index in [0.717, 1.165) is 17.5 Å². The molecular formula is C27H31NO7. The number of nitrogens with zero attached hydrogens (tertiary/aromatic N) is 1. The summed E-state index contributed by atoms with van der Waals surface area (Å²) in [5.74, 6) is 0.184. The molecule has 0 aliphatic carbocycles. The second kappa shape index (κ2) is 12.0. The van der Waals surface area contributed by atoms with Crippen LogP contribution in [0.5, 0.6) is 17.2 Å². The zero-order valence-electron chi connectivity index (χ0n) is 20.7. The van der Waals surface area contributed by atoms with Gasteiger partial charge in [-0.15, -0.1) is 0 Å². The predicted octanol–water partition coefficient (Wildman–Crippen LogP) is 4.21. The van der Waals surface area contributed by atoms with Crippen molar-refractivity contribution in [1.82, 2.24) is 4.90 Å². The Morgan fingerprint density at radius 1 is 0.829 bits per heavy atom. The summed E-state index contributed by atoms with van der Waals surface area (Å²) in [7, 11) is 5.77. The van der Waals surface area contributed by atoms with E-state index < -0.39 is 17.9 Å². The highest BCUT2D eigenvalue weighted by Crippen LogP contribution is 2.38. The first-order valence-corrected chi connectivity index (χ1v) is 11.2. The average molecular weight is 482 g/mol. The molecule has 35 heavy (non-hydrogen) atoms. The third-order valence-electron chi connectivity index (χ3n) is 5.57. The van der Waals surface area contributed by atoms with Crippen molar-refractivity contribution in [2.75, 3.05) is 35.0 Å². The second-order valence-corrected chi connectivity index (χ2v) is 7.86. The zero-order valence-corrected chi connectivity index (χ0v) is 20.7. The van der Waals surface area contributed by atoms with Crippen LogP contribution in [0.1, 0.15) is 30.4 Å². The van der Waals surface area contributed by atoms with Crippen molar-refractivity contribution in [2.24, 2.45) is 0 Å². The maximum atomic E-state index is 12.8. The highest BCUT2D eigenvalue weighted by atomic mass is 16.5. The number of ether oxygens (including phenoxy) is 5. The predicted molar refractivity (Wildman–Crippen MR) is 130 cm³/mol. The Labute approximate surface area is 205 Å². The third kappa shape index (κ3) is 5.95. The Kier molecular flexibility index (Phi) is 8.78. The number of carbonyl (C=O) groups is 2. The molecule has 0 saturated heterocycles. The molecule has 0 atom stereocenters. The van der Waals surface area contributed by atoms with Gasteiger partial charge in [-0.2, -0.15) is 0 Å². The molecule has 0 radical (unpaired) electrons. The fourth-order valence-corrected chi connectivity index (χ4v) is 3.90. The van der Waals surface area contributed by atoms with Crippen LogP contribution in [0.15, 0.2) is 66.0 Å². The molecule has 8 nitrogen and oxygen atoms in total. The number of hydrogen-bond acceptors (Lipinski definition) is 8. The van der Waals surface area contributed by atoms with Crippen LogP contribution in [-0.4, -0.2) is 51.9 Å². The maximum absolute atomic E-state index is 12.8. The lowest BCUT2D eigenvalue weighted by atomic mass is 9.83. The molecule has 0 spiro atoms. The highest BCUT2D eigenvalue weighted by Gasteiger charge is 2.35. The van der Waals surface area contributed by atoms with Gasteiger partial charge < -0.3 is 28.6 Å². The molecular weight excluding hydrogens is 450 g/mol. The van der Waals surface area contributed by atoms with Crippen LogP contribution in [0.3, 0.4) is 0 Å². The molecule has 0 bridgehead atoms. The van der Waals surface area contributed by atoms with E-state index in [2.05, 4.69) is 0 Å². The standard InChI is InChI=1S/C27H31NO7/c1-6-13-35-20-10-8-19(9-11-20)25-21(26(29)33-4)16-28(17-22(25)27(30)34-5)15-18-7-12-23(31-2)24(14-18)32-3/h7-12,14,16-17,25H,6,13,15H2,1-5H3. The van der Waals surface area contributed by atoms with Crippen molar-refractivity contribution in [2.45, 2.75) is 25.8 Å². The van der Waals surface area contributed by atoms with Crippen molar-refractivity contribution in [3.05, 3.63) is 77.1 Å². The molecule has 0 saturated carbocycles. The van der Waals surface area contributed by atoms with Gasteiger partial charge in [-0.25, -0.2) is 9.59 Å². The van der Waals surface area contributed by atoms with E-state index in [-0.39, 0.29) is 0 Å².